The lowest BCUT2D eigenvalue weighted by molar-refractivity contribution is -0.385. The molecule has 1 aliphatic rings. The van der Waals surface area contributed by atoms with E-state index >= 15 is 0 Å². The molecule has 1 aromatic heterocycles. The molecule has 0 bridgehead atoms. The number of nitro groups is 1. The molecule has 1 fully saturated rings. The number of nitrogens with zero attached hydrogens (tertiary/aromatic N) is 3. The number of hydrogen-bond donors (Lipinski definition) is 1. The molecule has 118 valence electrons. The number of carbonyl (C=O) groups excluding carboxylic acids is 1. The largest absolute Gasteiger partial charge is 0.366 e. The molecule has 0 atom stereocenters. The van der Waals surface area contributed by atoms with Crippen molar-refractivity contribution in [3.63, 3.8) is 0 Å². The van der Waals surface area contributed by atoms with Crippen molar-refractivity contribution in [2.24, 2.45) is 5.73 Å². The van der Waals surface area contributed by atoms with E-state index in [-0.39, 0.29) is 5.69 Å². The van der Waals surface area contributed by atoms with Crippen LogP contribution < -0.4 is 10.6 Å². The number of hydrogen-bond acceptors (Lipinski definition) is 5. The Hall–Kier alpha value is -2.96. The van der Waals surface area contributed by atoms with E-state index in [4.69, 9.17) is 5.73 Å². The maximum absolute atomic E-state index is 11.1. The van der Waals surface area contributed by atoms with Crippen LogP contribution in [0, 0.1) is 10.1 Å². The lowest BCUT2D eigenvalue weighted by atomic mass is 10.1. The fourth-order valence-corrected chi connectivity index (χ4v) is 2.41. The normalized spacial score (nSPS) is 13.6. The molecular weight excluding hydrogens is 296 g/mol. The number of carbonyl (C=O) groups is 1. The van der Waals surface area contributed by atoms with E-state index in [0.717, 1.165) is 24.2 Å². The minimum atomic E-state index is -0.458. The minimum Gasteiger partial charge on any atom is -0.366 e. The van der Waals surface area contributed by atoms with Gasteiger partial charge >= 0.3 is 0 Å². The van der Waals surface area contributed by atoms with E-state index in [2.05, 4.69) is 9.88 Å². The summed E-state index contributed by atoms with van der Waals surface area (Å²) >= 11 is 0. The molecule has 23 heavy (non-hydrogen) atoms. The monoisotopic (exact) mass is 312 g/mol. The fraction of sp³-hybridized carbons (Fsp3) is 0.250. The first-order valence-electron chi connectivity index (χ1n) is 7.30. The SMILES string of the molecule is NC(=O)c1ccc(CN(c2ccc([N+](=O)[O-])cn2)C2CC2)cc1. The molecule has 7 heteroatoms. The molecule has 0 spiro atoms. The second kappa shape index (κ2) is 6.04. The van der Waals surface area contributed by atoms with Crippen LogP contribution in [0.15, 0.2) is 42.6 Å². The number of benzene rings is 1. The van der Waals surface area contributed by atoms with Gasteiger partial charge in [-0.3, -0.25) is 14.9 Å². The summed E-state index contributed by atoms with van der Waals surface area (Å²) < 4.78 is 0. The van der Waals surface area contributed by atoms with Gasteiger partial charge < -0.3 is 10.6 Å². The zero-order valence-corrected chi connectivity index (χ0v) is 12.4. The Morgan fingerprint density at radius 3 is 2.43 bits per heavy atom. The summed E-state index contributed by atoms with van der Waals surface area (Å²) in [6, 6.07) is 10.7. The van der Waals surface area contributed by atoms with Crippen molar-refractivity contribution in [2.75, 3.05) is 4.90 Å². The highest BCUT2D eigenvalue weighted by molar-refractivity contribution is 5.92. The average molecular weight is 312 g/mol. The molecule has 2 aromatic rings. The number of rotatable bonds is 6. The van der Waals surface area contributed by atoms with Crippen LogP contribution in [-0.2, 0) is 6.54 Å². The predicted molar refractivity (Wildman–Crippen MR) is 85.1 cm³/mol. The summed E-state index contributed by atoms with van der Waals surface area (Å²) in [5, 5.41) is 10.7. The van der Waals surface area contributed by atoms with E-state index in [1.54, 1.807) is 18.2 Å². The summed E-state index contributed by atoms with van der Waals surface area (Å²) in [4.78, 5) is 27.7. The molecule has 7 nitrogen and oxygen atoms in total. The van der Waals surface area contributed by atoms with Gasteiger partial charge in [-0.25, -0.2) is 4.98 Å². The first-order chi connectivity index (χ1) is 11.0. The highest BCUT2D eigenvalue weighted by Crippen LogP contribution is 2.32. The summed E-state index contributed by atoms with van der Waals surface area (Å²) in [5.74, 6) is 0.268. The molecule has 2 N–H and O–H groups in total. The lowest BCUT2D eigenvalue weighted by Gasteiger charge is -2.23. The molecule has 0 saturated heterocycles. The van der Waals surface area contributed by atoms with Crippen molar-refractivity contribution in [2.45, 2.75) is 25.4 Å². The highest BCUT2D eigenvalue weighted by atomic mass is 16.6. The fourth-order valence-electron chi connectivity index (χ4n) is 2.41. The summed E-state index contributed by atoms with van der Waals surface area (Å²) in [5.41, 5.74) is 6.72. The zero-order chi connectivity index (χ0) is 16.4. The zero-order valence-electron chi connectivity index (χ0n) is 12.4. The number of nitrogens with two attached hydrogens (primary N) is 1. The summed E-state index contributed by atoms with van der Waals surface area (Å²) in [6.45, 7) is 0.633. The molecule has 1 heterocycles. The molecule has 0 radical (unpaired) electrons. The van der Waals surface area contributed by atoms with Gasteiger partial charge in [0.25, 0.3) is 5.69 Å². The van der Waals surface area contributed by atoms with Gasteiger partial charge in [0.2, 0.25) is 5.91 Å². The van der Waals surface area contributed by atoms with Crippen molar-refractivity contribution in [1.82, 2.24) is 4.98 Å². The predicted octanol–water partition coefficient (Wildman–Crippen LogP) is 2.26. The Morgan fingerprint density at radius 1 is 1.26 bits per heavy atom. The third-order valence-corrected chi connectivity index (χ3v) is 3.82. The van der Waals surface area contributed by atoms with Gasteiger partial charge in [-0.05, 0) is 36.6 Å². The molecule has 1 saturated carbocycles. The van der Waals surface area contributed by atoms with Crippen LogP contribution in [0.4, 0.5) is 11.5 Å². The molecular formula is C16H16N4O3. The number of amides is 1. The third-order valence-electron chi connectivity index (χ3n) is 3.82. The third kappa shape index (κ3) is 3.45. The molecule has 0 unspecified atom stereocenters. The van der Waals surface area contributed by atoms with E-state index in [0.29, 0.717) is 18.2 Å². The van der Waals surface area contributed by atoms with Crippen LogP contribution in [0.2, 0.25) is 0 Å². The molecule has 3 rings (SSSR count). The Labute approximate surface area is 132 Å². The van der Waals surface area contributed by atoms with Crippen molar-refractivity contribution in [1.29, 1.82) is 0 Å². The van der Waals surface area contributed by atoms with E-state index in [1.165, 1.54) is 12.3 Å². The molecule has 1 aliphatic carbocycles. The van der Waals surface area contributed by atoms with Gasteiger partial charge in [0, 0.05) is 24.2 Å². The van der Waals surface area contributed by atoms with Gasteiger partial charge in [0.15, 0.2) is 0 Å². The second-order valence-corrected chi connectivity index (χ2v) is 5.55. The number of anilines is 1. The van der Waals surface area contributed by atoms with Crippen LogP contribution >= 0.6 is 0 Å². The number of aromatic nitrogens is 1. The Balaban J connectivity index is 1.79. The van der Waals surface area contributed by atoms with Crippen molar-refractivity contribution in [3.05, 3.63) is 63.8 Å². The molecule has 0 aliphatic heterocycles. The maximum Gasteiger partial charge on any atom is 0.287 e. The van der Waals surface area contributed by atoms with Crippen molar-refractivity contribution in [3.8, 4) is 0 Å². The Morgan fingerprint density at radius 2 is 1.96 bits per heavy atom. The van der Waals surface area contributed by atoms with Crippen LogP contribution in [0.1, 0.15) is 28.8 Å². The van der Waals surface area contributed by atoms with Crippen LogP contribution in [0.5, 0.6) is 0 Å². The number of pyridine rings is 1. The second-order valence-electron chi connectivity index (χ2n) is 5.55. The summed E-state index contributed by atoms with van der Waals surface area (Å²) in [6.07, 6.45) is 3.44. The van der Waals surface area contributed by atoms with Crippen molar-refractivity contribution >= 4 is 17.4 Å². The van der Waals surface area contributed by atoms with Crippen molar-refractivity contribution < 1.29 is 9.72 Å². The quantitative estimate of drug-likeness (QED) is 0.651. The van der Waals surface area contributed by atoms with E-state index in [1.807, 2.05) is 12.1 Å². The number of primary amides is 1. The average Bonchev–Trinajstić information content (AvgIpc) is 3.38. The minimum absolute atomic E-state index is 0.0182. The van der Waals surface area contributed by atoms with Crippen LogP contribution in [0.25, 0.3) is 0 Å². The van der Waals surface area contributed by atoms with Gasteiger partial charge in [-0.1, -0.05) is 12.1 Å². The smallest absolute Gasteiger partial charge is 0.287 e. The van der Waals surface area contributed by atoms with E-state index in [9.17, 15) is 14.9 Å². The van der Waals surface area contributed by atoms with Gasteiger partial charge in [-0.2, -0.15) is 0 Å². The summed E-state index contributed by atoms with van der Waals surface area (Å²) in [7, 11) is 0. The van der Waals surface area contributed by atoms with Crippen LogP contribution in [0.3, 0.4) is 0 Å². The molecule has 1 aromatic carbocycles. The Bertz CT molecular complexity index is 724. The first-order valence-corrected chi connectivity index (χ1v) is 7.30. The van der Waals surface area contributed by atoms with E-state index < -0.39 is 10.8 Å². The first kappa shape index (κ1) is 15.0. The molecule has 1 amide bonds. The van der Waals surface area contributed by atoms with Crippen LogP contribution in [-0.4, -0.2) is 21.9 Å². The highest BCUT2D eigenvalue weighted by Gasteiger charge is 2.30. The van der Waals surface area contributed by atoms with Gasteiger partial charge in [0.1, 0.15) is 12.0 Å². The Kier molecular flexibility index (Phi) is 3.92. The lowest BCUT2D eigenvalue weighted by Crippen LogP contribution is -2.26. The van der Waals surface area contributed by atoms with Gasteiger partial charge in [0.05, 0.1) is 4.92 Å². The van der Waals surface area contributed by atoms with Gasteiger partial charge in [-0.15, -0.1) is 0 Å². The maximum atomic E-state index is 11.1. The standard InChI is InChI=1S/C16H16N4O3/c17-16(21)12-3-1-11(2-4-12)10-19(13-5-6-13)15-8-7-14(9-18-15)20(22)23/h1-4,7-9,13H,5-6,10H2,(H2,17,21). The topological polar surface area (TPSA) is 102 Å².